The number of halogens is 1. The van der Waals surface area contributed by atoms with Gasteiger partial charge in [-0.1, -0.05) is 24.3 Å². The van der Waals surface area contributed by atoms with E-state index in [1.165, 1.54) is 5.56 Å². The summed E-state index contributed by atoms with van der Waals surface area (Å²) < 4.78 is 10.4. The smallest absolute Gasteiger partial charge is 0.118 e. The zero-order valence-electron chi connectivity index (χ0n) is 14.8. The lowest BCUT2D eigenvalue weighted by atomic mass is 9.84. The van der Waals surface area contributed by atoms with Crippen molar-refractivity contribution < 1.29 is 14.6 Å². The molecule has 0 radical (unpaired) electrons. The van der Waals surface area contributed by atoms with E-state index in [9.17, 15) is 5.11 Å². The Labute approximate surface area is 155 Å². The van der Waals surface area contributed by atoms with Crippen LogP contribution in [0.5, 0.6) is 11.5 Å². The molecule has 0 atom stereocenters. The Kier molecular flexibility index (Phi) is 6.71. The van der Waals surface area contributed by atoms with Gasteiger partial charge in [0.15, 0.2) is 0 Å². The third kappa shape index (κ3) is 4.66. The van der Waals surface area contributed by atoms with Gasteiger partial charge in [0.2, 0.25) is 0 Å². The van der Waals surface area contributed by atoms with Gasteiger partial charge in [-0.2, -0.15) is 0 Å². The van der Waals surface area contributed by atoms with Gasteiger partial charge in [-0.25, -0.2) is 0 Å². The summed E-state index contributed by atoms with van der Waals surface area (Å²) >= 11 is 0. The molecule has 0 spiro atoms. The third-order valence-electron chi connectivity index (χ3n) is 4.88. The number of rotatable bonds is 5. The second kappa shape index (κ2) is 8.56. The van der Waals surface area contributed by atoms with Crippen molar-refractivity contribution in [2.45, 2.75) is 25.0 Å². The van der Waals surface area contributed by atoms with E-state index in [1.54, 1.807) is 14.2 Å². The molecule has 4 nitrogen and oxygen atoms in total. The van der Waals surface area contributed by atoms with Crippen molar-refractivity contribution in [1.29, 1.82) is 0 Å². The molecule has 0 bridgehead atoms. The van der Waals surface area contributed by atoms with E-state index in [4.69, 9.17) is 9.47 Å². The van der Waals surface area contributed by atoms with Gasteiger partial charge in [0.05, 0.1) is 19.8 Å². The van der Waals surface area contributed by atoms with Crippen LogP contribution in [0.3, 0.4) is 0 Å². The molecule has 2 aromatic rings. The molecular formula is C20H26ClNO3. The molecule has 25 heavy (non-hydrogen) atoms. The van der Waals surface area contributed by atoms with Gasteiger partial charge >= 0.3 is 0 Å². The van der Waals surface area contributed by atoms with Crippen LogP contribution in [-0.4, -0.2) is 37.3 Å². The maximum absolute atomic E-state index is 11.0. The fourth-order valence-corrected chi connectivity index (χ4v) is 3.26. The van der Waals surface area contributed by atoms with Crippen LogP contribution in [0.4, 0.5) is 0 Å². The molecular weight excluding hydrogens is 338 g/mol. The molecule has 3 rings (SSSR count). The van der Waals surface area contributed by atoms with Gasteiger partial charge < -0.3 is 14.6 Å². The van der Waals surface area contributed by atoms with Gasteiger partial charge in [0, 0.05) is 19.6 Å². The van der Waals surface area contributed by atoms with Crippen LogP contribution >= 0.6 is 12.4 Å². The number of piperidine rings is 1. The fraction of sp³-hybridized carbons (Fsp3) is 0.400. The number of hydrogen-bond donors (Lipinski definition) is 1. The van der Waals surface area contributed by atoms with Crippen molar-refractivity contribution >= 4 is 12.4 Å². The summed E-state index contributed by atoms with van der Waals surface area (Å²) in [6, 6.07) is 16.0. The molecule has 0 saturated carbocycles. The first-order valence-corrected chi connectivity index (χ1v) is 8.35. The SMILES string of the molecule is COc1ccc(CN2CCC(O)(c3ccc(OC)cc3)CC2)cc1.Cl. The Hall–Kier alpha value is -1.75. The highest BCUT2D eigenvalue weighted by atomic mass is 35.5. The van der Waals surface area contributed by atoms with Gasteiger partial charge in [-0.3, -0.25) is 4.90 Å². The molecule has 1 fully saturated rings. The van der Waals surface area contributed by atoms with E-state index in [0.29, 0.717) is 0 Å². The minimum atomic E-state index is -0.733. The molecule has 1 saturated heterocycles. The molecule has 1 aliphatic rings. The first-order chi connectivity index (χ1) is 11.6. The van der Waals surface area contributed by atoms with Crippen molar-refractivity contribution in [3.63, 3.8) is 0 Å². The third-order valence-corrected chi connectivity index (χ3v) is 4.88. The van der Waals surface area contributed by atoms with Gasteiger partial charge in [0.1, 0.15) is 11.5 Å². The molecule has 0 aliphatic carbocycles. The highest BCUT2D eigenvalue weighted by molar-refractivity contribution is 5.85. The summed E-state index contributed by atoms with van der Waals surface area (Å²) in [5, 5.41) is 11.0. The second-order valence-corrected chi connectivity index (χ2v) is 6.38. The largest absolute Gasteiger partial charge is 0.497 e. The number of aliphatic hydroxyl groups is 1. The number of benzene rings is 2. The predicted octanol–water partition coefficient (Wildman–Crippen LogP) is 3.61. The van der Waals surface area contributed by atoms with E-state index in [1.807, 2.05) is 36.4 Å². The number of methoxy groups -OCH3 is 2. The summed E-state index contributed by atoms with van der Waals surface area (Å²) in [7, 11) is 3.33. The van der Waals surface area contributed by atoms with E-state index in [2.05, 4.69) is 17.0 Å². The van der Waals surface area contributed by atoms with E-state index < -0.39 is 5.60 Å². The van der Waals surface area contributed by atoms with Crippen molar-refractivity contribution in [3.05, 3.63) is 59.7 Å². The standard InChI is InChI=1S/C20H25NO3.ClH/c1-23-18-7-3-16(4-8-18)15-21-13-11-20(22,12-14-21)17-5-9-19(24-2)10-6-17;/h3-10,22H,11-15H2,1-2H3;1H. The molecule has 1 N–H and O–H groups in total. The van der Waals surface area contributed by atoms with Crippen LogP contribution in [0, 0.1) is 0 Å². The normalized spacial score (nSPS) is 16.8. The number of ether oxygens (including phenoxy) is 2. The molecule has 1 heterocycles. The van der Waals surface area contributed by atoms with Gasteiger partial charge in [-0.05, 0) is 48.2 Å². The van der Waals surface area contributed by atoms with Crippen molar-refractivity contribution in [2.24, 2.45) is 0 Å². The zero-order valence-corrected chi connectivity index (χ0v) is 15.6. The summed E-state index contributed by atoms with van der Waals surface area (Å²) in [5.41, 5.74) is 1.51. The van der Waals surface area contributed by atoms with Crippen molar-refractivity contribution in [2.75, 3.05) is 27.3 Å². The minimum Gasteiger partial charge on any atom is -0.497 e. The molecule has 0 aromatic heterocycles. The van der Waals surface area contributed by atoms with Crippen LogP contribution in [0.25, 0.3) is 0 Å². The Bertz CT molecular complexity index is 650. The van der Waals surface area contributed by atoms with Crippen molar-refractivity contribution in [3.8, 4) is 11.5 Å². The lowest BCUT2D eigenvalue weighted by Gasteiger charge is -2.38. The minimum absolute atomic E-state index is 0. The molecule has 1 aliphatic heterocycles. The molecule has 0 unspecified atom stereocenters. The first-order valence-electron chi connectivity index (χ1n) is 8.35. The van der Waals surface area contributed by atoms with E-state index in [0.717, 1.165) is 49.5 Å². The van der Waals surface area contributed by atoms with Crippen LogP contribution in [0.1, 0.15) is 24.0 Å². The number of nitrogens with zero attached hydrogens (tertiary/aromatic N) is 1. The average Bonchev–Trinajstić information content (AvgIpc) is 2.64. The van der Waals surface area contributed by atoms with Gasteiger partial charge in [-0.15, -0.1) is 12.4 Å². The average molecular weight is 364 g/mol. The van der Waals surface area contributed by atoms with E-state index in [-0.39, 0.29) is 12.4 Å². The fourth-order valence-electron chi connectivity index (χ4n) is 3.26. The summed E-state index contributed by atoms with van der Waals surface area (Å²) in [6.45, 7) is 2.67. The summed E-state index contributed by atoms with van der Waals surface area (Å²) in [6.07, 6.45) is 1.49. The highest BCUT2D eigenvalue weighted by Crippen LogP contribution is 2.34. The number of hydrogen-bond acceptors (Lipinski definition) is 4. The maximum atomic E-state index is 11.0. The van der Waals surface area contributed by atoms with Gasteiger partial charge in [0.25, 0.3) is 0 Å². The lowest BCUT2D eigenvalue weighted by molar-refractivity contribution is -0.0277. The monoisotopic (exact) mass is 363 g/mol. The lowest BCUT2D eigenvalue weighted by Crippen LogP contribution is -2.42. The predicted molar refractivity (Wildman–Crippen MR) is 102 cm³/mol. The quantitative estimate of drug-likeness (QED) is 0.881. The Morgan fingerprint density at radius 3 is 1.84 bits per heavy atom. The molecule has 136 valence electrons. The maximum Gasteiger partial charge on any atom is 0.118 e. The Balaban J connectivity index is 0.00000225. The molecule has 0 amide bonds. The van der Waals surface area contributed by atoms with Crippen molar-refractivity contribution in [1.82, 2.24) is 4.90 Å². The second-order valence-electron chi connectivity index (χ2n) is 6.38. The van der Waals surface area contributed by atoms with Crippen LogP contribution < -0.4 is 9.47 Å². The molecule has 2 aromatic carbocycles. The first kappa shape index (κ1) is 19.6. The molecule has 5 heteroatoms. The summed E-state index contributed by atoms with van der Waals surface area (Å²) in [4.78, 5) is 2.39. The van der Waals surface area contributed by atoms with Crippen LogP contribution in [0.15, 0.2) is 48.5 Å². The highest BCUT2D eigenvalue weighted by Gasteiger charge is 2.33. The number of likely N-dealkylation sites (tertiary alicyclic amines) is 1. The topological polar surface area (TPSA) is 41.9 Å². The van der Waals surface area contributed by atoms with E-state index >= 15 is 0 Å². The Morgan fingerprint density at radius 1 is 0.880 bits per heavy atom. The summed E-state index contributed by atoms with van der Waals surface area (Å²) in [5.74, 6) is 1.70. The zero-order chi connectivity index (χ0) is 17.0. The van der Waals surface area contributed by atoms with Crippen LogP contribution in [0.2, 0.25) is 0 Å². The van der Waals surface area contributed by atoms with Crippen LogP contribution in [-0.2, 0) is 12.1 Å². The Morgan fingerprint density at radius 2 is 1.36 bits per heavy atom.